The molecule has 1 aliphatic rings. The quantitative estimate of drug-likeness (QED) is 0.782. The predicted molar refractivity (Wildman–Crippen MR) is 79.9 cm³/mol. The van der Waals surface area contributed by atoms with Gasteiger partial charge in [-0.2, -0.15) is 0 Å². The lowest BCUT2D eigenvalue weighted by atomic mass is 9.99. The second-order valence-electron chi connectivity index (χ2n) is 5.70. The molecule has 2 N–H and O–H groups in total. The zero-order chi connectivity index (χ0) is 14.4. The maximum Gasteiger partial charge on any atom is 0.335 e. The molecule has 1 fully saturated rings. The molecule has 0 unspecified atom stereocenters. The van der Waals surface area contributed by atoms with Crippen LogP contribution in [0.5, 0.6) is 0 Å². The summed E-state index contributed by atoms with van der Waals surface area (Å²) < 4.78 is 0. The number of hydrogen-bond acceptors (Lipinski definition) is 3. The summed E-state index contributed by atoms with van der Waals surface area (Å²) >= 11 is 0. The van der Waals surface area contributed by atoms with E-state index in [0.29, 0.717) is 5.56 Å². The van der Waals surface area contributed by atoms with Gasteiger partial charge < -0.3 is 15.3 Å². The Morgan fingerprint density at radius 1 is 1.30 bits per heavy atom. The summed E-state index contributed by atoms with van der Waals surface area (Å²) in [5.41, 5.74) is 1.47. The van der Waals surface area contributed by atoms with Crippen molar-refractivity contribution in [3.05, 3.63) is 35.4 Å². The molecule has 0 radical (unpaired) electrons. The summed E-state index contributed by atoms with van der Waals surface area (Å²) in [5.74, 6) is 0.01000. The van der Waals surface area contributed by atoms with E-state index in [0.717, 1.165) is 31.1 Å². The molecule has 1 aromatic rings. The van der Waals surface area contributed by atoms with Gasteiger partial charge in [0.2, 0.25) is 0 Å². The van der Waals surface area contributed by atoms with Gasteiger partial charge in [-0.1, -0.05) is 19.1 Å². The molecule has 110 valence electrons. The minimum atomic E-state index is -0.871. The first-order valence-electron chi connectivity index (χ1n) is 7.40. The zero-order valence-electron chi connectivity index (χ0n) is 12.1. The molecule has 0 atom stereocenters. The van der Waals surface area contributed by atoms with Gasteiger partial charge in [0, 0.05) is 19.6 Å². The summed E-state index contributed by atoms with van der Waals surface area (Å²) in [6, 6.07) is 7.06. The van der Waals surface area contributed by atoms with Crippen LogP contribution in [0.3, 0.4) is 0 Å². The molecule has 1 saturated heterocycles. The highest BCUT2D eigenvalue weighted by Gasteiger charge is 2.14. The van der Waals surface area contributed by atoms with Gasteiger partial charge in [0.25, 0.3) is 0 Å². The highest BCUT2D eigenvalue weighted by molar-refractivity contribution is 5.87. The first-order valence-corrected chi connectivity index (χ1v) is 7.40. The van der Waals surface area contributed by atoms with Gasteiger partial charge in [0.1, 0.15) is 0 Å². The Hall–Kier alpha value is -1.39. The number of carboxylic acid groups (broad SMARTS) is 1. The van der Waals surface area contributed by atoms with Crippen LogP contribution in [0.15, 0.2) is 24.3 Å². The van der Waals surface area contributed by atoms with Crippen LogP contribution in [-0.2, 0) is 6.54 Å². The number of rotatable bonds is 6. The van der Waals surface area contributed by atoms with Crippen molar-refractivity contribution in [3.63, 3.8) is 0 Å². The summed E-state index contributed by atoms with van der Waals surface area (Å²) in [7, 11) is 0. The van der Waals surface area contributed by atoms with Crippen LogP contribution in [-0.4, -0.2) is 42.2 Å². The predicted octanol–water partition coefficient (Wildman–Crippen LogP) is 2.21. The maximum absolute atomic E-state index is 10.7. The molecule has 20 heavy (non-hydrogen) atoms. The summed E-state index contributed by atoms with van der Waals surface area (Å²) in [4.78, 5) is 13.3. The van der Waals surface area contributed by atoms with Crippen molar-refractivity contribution < 1.29 is 9.90 Å². The third-order valence-electron chi connectivity index (χ3n) is 4.01. The summed E-state index contributed by atoms with van der Waals surface area (Å²) in [6.07, 6.45) is 2.63. The van der Waals surface area contributed by atoms with Crippen LogP contribution >= 0.6 is 0 Å². The van der Waals surface area contributed by atoms with Crippen LogP contribution < -0.4 is 5.32 Å². The van der Waals surface area contributed by atoms with Crippen molar-refractivity contribution in [1.82, 2.24) is 10.2 Å². The lowest BCUT2D eigenvalue weighted by Gasteiger charge is -2.30. The maximum atomic E-state index is 10.7. The van der Waals surface area contributed by atoms with E-state index in [-0.39, 0.29) is 0 Å². The number of likely N-dealkylation sites (tertiary alicyclic amines) is 1. The second kappa shape index (κ2) is 7.41. The smallest absolute Gasteiger partial charge is 0.335 e. The molecule has 0 amide bonds. The van der Waals surface area contributed by atoms with E-state index in [4.69, 9.17) is 5.11 Å². The van der Waals surface area contributed by atoms with Gasteiger partial charge in [0.05, 0.1) is 5.56 Å². The average Bonchev–Trinajstić information content (AvgIpc) is 2.46. The van der Waals surface area contributed by atoms with Crippen LogP contribution in [0.2, 0.25) is 0 Å². The molecule has 1 aromatic carbocycles. The van der Waals surface area contributed by atoms with Gasteiger partial charge in [-0.25, -0.2) is 4.79 Å². The van der Waals surface area contributed by atoms with Gasteiger partial charge >= 0.3 is 5.97 Å². The van der Waals surface area contributed by atoms with E-state index in [9.17, 15) is 4.79 Å². The molecular weight excluding hydrogens is 252 g/mol. The third-order valence-corrected chi connectivity index (χ3v) is 4.01. The molecule has 4 heteroatoms. The number of carbonyl (C=O) groups is 1. The van der Waals surface area contributed by atoms with Crippen molar-refractivity contribution in [1.29, 1.82) is 0 Å². The van der Waals surface area contributed by atoms with E-state index in [1.807, 2.05) is 12.1 Å². The Bertz CT molecular complexity index is 423. The number of nitrogens with one attached hydrogen (secondary N) is 1. The first-order chi connectivity index (χ1) is 9.65. The van der Waals surface area contributed by atoms with Crippen LogP contribution in [0, 0.1) is 5.92 Å². The van der Waals surface area contributed by atoms with Gasteiger partial charge in [0.15, 0.2) is 0 Å². The Morgan fingerprint density at radius 3 is 2.55 bits per heavy atom. The molecule has 0 bridgehead atoms. The number of nitrogens with zero attached hydrogens (tertiary/aromatic N) is 1. The zero-order valence-corrected chi connectivity index (χ0v) is 12.1. The number of benzene rings is 1. The first kappa shape index (κ1) is 15.0. The molecule has 2 rings (SSSR count). The van der Waals surface area contributed by atoms with Crippen molar-refractivity contribution in [2.45, 2.75) is 26.3 Å². The highest BCUT2D eigenvalue weighted by atomic mass is 16.4. The van der Waals surface area contributed by atoms with Crippen molar-refractivity contribution >= 4 is 5.97 Å². The molecule has 0 aromatic heterocycles. The monoisotopic (exact) mass is 276 g/mol. The Morgan fingerprint density at radius 2 is 1.95 bits per heavy atom. The molecule has 4 nitrogen and oxygen atoms in total. The fourth-order valence-electron chi connectivity index (χ4n) is 2.52. The van der Waals surface area contributed by atoms with Crippen LogP contribution in [0.4, 0.5) is 0 Å². The molecule has 1 heterocycles. The Balaban J connectivity index is 1.64. The van der Waals surface area contributed by atoms with Gasteiger partial charge in [-0.3, -0.25) is 0 Å². The minimum absolute atomic E-state index is 0.344. The number of aromatic carboxylic acids is 1. The topological polar surface area (TPSA) is 52.6 Å². The Labute approximate surface area is 120 Å². The lowest BCUT2D eigenvalue weighted by molar-refractivity contribution is 0.0697. The Kier molecular flexibility index (Phi) is 5.56. The average molecular weight is 276 g/mol. The number of piperidine rings is 1. The molecule has 1 aliphatic heterocycles. The lowest BCUT2D eigenvalue weighted by Crippen LogP contribution is -2.37. The normalized spacial score (nSPS) is 17.2. The summed E-state index contributed by atoms with van der Waals surface area (Å²) in [6.45, 7) is 7.64. The van der Waals surface area contributed by atoms with E-state index < -0.39 is 5.97 Å². The van der Waals surface area contributed by atoms with Gasteiger partial charge in [-0.05, 0) is 49.5 Å². The van der Waals surface area contributed by atoms with E-state index in [1.165, 1.54) is 25.9 Å². The number of carboxylic acids is 1. The molecular formula is C16H24N2O2. The molecule has 0 saturated carbocycles. The largest absolute Gasteiger partial charge is 0.478 e. The summed E-state index contributed by atoms with van der Waals surface area (Å²) in [5, 5.41) is 12.3. The van der Waals surface area contributed by atoms with Gasteiger partial charge in [-0.15, -0.1) is 0 Å². The second-order valence-corrected chi connectivity index (χ2v) is 5.70. The fourth-order valence-corrected chi connectivity index (χ4v) is 2.52. The van der Waals surface area contributed by atoms with Crippen molar-refractivity contribution in [2.24, 2.45) is 5.92 Å². The van der Waals surface area contributed by atoms with E-state index in [1.54, 1.807) is 12.1 Å². The van der Waals surface area contributed by atoms with Crippen molar-refractivity contribution in [3.8, 4) is 0 Å². The number of hydrogen-bond donors (Lipinski definition) is 2. The standard InChI is InChI=1S/C16H24N2O2/c1-13-6-9-18(10-7-13)11-8-17-12-14-2-4-15(5-3-14)16(19)20/h2-5,13,17H,6-12H2,1H3,(H,19,20). The fraction of sp³-hybridized carbons (Fsp3) is 0.562. The molecule has 0 aliphatic carbocycles. The van der Waals surface area contributed by atoms with E-state index >= 15 is 0 Å². The minimum Gasteiger partial charge on any atom is -0.478 e. The van der Waals surface area contributed by atoms with Crippen molar-refractivity contribution in [2.75, 3.05) is 26.2 Å². The molecule has 0 spiro atoms. The SMILES string of the molecule is CC1CCN(CCNCc2ccc(C(=O)O)cc2)CC1. The third kappa shape index (κ3) is 4.62. The van der Waals surface area contributed by atoms with E-state index in [2.05, 4.69) is 17.1 Å². The van der Waals surface area contributed by atoms with Crippen LogP contribution in [0.25, 0.3) is 0 Å². The highest BCUT2D eigenvalue weighted by Crippen LogP contribution is 2.15. The van der Waals surface area contributed by atoms with Crippen LogP contribution in [0.1, 0.15) is 35.7 Å².